The molecule has 0 aliphatic carbocycles. The minimum atomic E-state index is -0.647. The Hall–Kier alpha value is -0.320. The molecule has 1 aromatic rings. The Morgan fingerprint density at radius 2 is 2.00 bits per heavy atom. The number of aliphatic hydroxyl groups is 2. The molecule has 0 fully saturated rings. The van der Waals surface area contributed by atoms with Crippen LogP contribution in [0.3, 0.4) is 0 Å². The largest absolute Gasteiger partial charge is 0.395 e. The molecule has 84 valence electrons. The Morgan fingerprint density at radius 1 is 1.27 bits per heavy atom. The minimum absolute atomic E-state index is 0.0497. The van der Waals surface area contributed by atoms with Gasteiger partial charge in [0, 0.05) is 13.1 Å². The van der Waals surface area contributed by atoms with E-state index >= 15 is 0 Å². The number of hydrogen-bond acceptors (Lipinski definition) is 3. The molecule has 0 spiro atoms. The van der Waals surface area contributed by atoms with Crippen LogP contribution in [0, 0.1) is 0 Å². The van der Waals surface area contributed by atoms with Crippen molar-refractivity contribution in [2.24, 2.45) is 0 Å². The number of aliphatic hydroxyl groups excluding tert-OH is 2. The van der Waals surface area contributed by atoms with Gasteiger partial charge in [-0.1, -0.05) is 29.3 Å². The average molecular weight is 250 g/mol. The molecule has 0 aromatic heterocycles. The summed E-state index contributed by atoms with van der Waals surface area (Å²) in [6.45, 7) is 0.880. The Labute approximate surface area is 98.6 Å². The van der Waals surface area contributed by atoms with E-state index in [9.17, 15) is 5.11 Å². The third-order valence-corrected chi connectivity index (χ3v) is 2.69. The summed E-state index contributed by atoms with van der Waals surface area (Å²) in [6.07, 6.45) is -0.647. The van der Waals surface area contributed by atoms with E-state index in [1.165, 1.54) is 0 Å². The summed E-state index contributed by atoms with van der Waals surface area (Å²) in [5, 5.41) is 22.1. The monoisotopic (exact) mass is 249 g/mol. The standard InChI is InChI=1S/C10H13Cl2NO2/c11-8-2-1-7(5-9(8)12)10(15)6-13-3-4-14/h1-2,5,10,13-15H,3-4,6H2. The van der Waals surface area contributed by atoms with E-state index < -0.39 is 6.10 Å². The molecular weight excluding hydrogens is 237 g/mol. The van der Waals surface area contributed by atoms with Gasteiger partial charge in [-0.2, -0.15) is 0 Å². The fourth-order valence-corrected chi connectivity index (χ4v) is 1.46. The summed E-state index contributed by atoms with van der Waals surface area (Å²) < 4.78 is 0. The number of halogens is 2. The molecule has 1 atom stereocenters. The van der Waals surface area contributed by atoms with Crippen LogP contribution in [-0.2, 0) is 0 Å². The van der Waals surface area contributed by atoms with E-state index in [1.807, 2.05) is 0 Å². The Balaban J connectivity index is 2.57. The topological polar surface area (TPSA) is 52.5 Å². The lowest BCUT2D eigenvalue weighted by atomic mass is 10.1. The van der Waals surface area contributed by atoms with Crippen molar-refractivity contribution in [3.63, 3.8) is 0 Å². The van der Waals surface area contributed by atoms with Gasteiger partial charge in [0.15, 0.2) is 0 Å². The van der Waals surface area contributed by atoms with Gasteiger partial charge in [-0.05, 0) is 17.7 Å². The van der Waals surface area contributed by atoms with E-state index in [0.29, 0.717) is 28.7 Å². The van der Waals surface area contributed by atoms with Crippen molar-refractivity contribution in [2.75, 3.05) is 19.7 Å². The van der Waals surface area contributed by atoms with Gasteiger partial charge in [0.25, 0.3) is 0 Å². The van der Waals surface area contributed by atoms with Crippen LogP contribution in [0.15, 0.2) is 18.2 Å². The number of hydrogen-bond donors (Lipinski definition) is 3. The van der Waals surface area contributed by atoms with Crippen molar-refractivity contribution in [3.8, 4) is 0 Å². The molecule has 15 heavy (non-hydrogen) atoms. The Bertz CT molecular complexity index is 320. The SMILES string of the molecule is OCCNCC(O)c1ccc(Cl)c(Cl)c1. The first-order valence-corrected chi connectivity index (χ1v) is 5.35. The zero-order valence-corrected chi connectivity index (χ0v) is 9.59. The first-order valence-electron chi connectivity index (χ1n) is 4.59. The van der Waals surface area contributed by atoms with Crippen molar-refractivity contribution in [1.29, 1.82) is 0 Å². The van der Waals surface area contributed by atoms with E-state index in [4.69, 9.17) is 28.3 Å². The predicted octanol–water partition coefficient (Wildman–Crippen LogP) is 1.61. The predicted molar refractivity (Wildman–Crippen MR) is 61.4 cm³/mol. The molecule has 3 nitrogen and oxygen atoms in total. The van der Waals surface area contributed by atoms with Crippen molar-refractivity contribution < 1.29 is 10.2 Å². The second-order valence-electron chi connectivity index (χ2n) is 3.12. The molecule has 0 bridgehead atoms. The minimum Gasteiger partial charge on any atom is -0.395 e. The van der Waals surface area contributed by atoms with E-state index in [0.717, 1.165) is 0 Å². The van der Waals surface area contributed by atoms with Crippen LogP contribution in [0.5, 0.6) is 0 Å². The maximum absolute atomic E-state index is 9.72. The molecule has 5 heteroatoms. The lowest BCUT2D eigenvalue weighted by Gasteiger charge is -2.12. The maximum Gasteiger partial charge on any atom is 0.0914 e. The van der Waals surface area contributed by atoms with Gasteiger partial charge in [0.05, 0.1) is 22.8 Å². The molecular formula is C10H13Cl2NO2. The number of benzene rings is 1. The lowest BCUT2D eigenvalue weighted by Crippen LogP contribution is -2.24. The molecule has 0 saturated carbocycles. The van der Waals surface area contributed by atoms with Crippen LogP contribution in [0.1, 0.15) is 11.7 Å². The zero-order chi connectivity index (χ0) is 11.3. The van der Waals surface area contributed by atoms with Crippen molar-refractivity contribution in [1.82, 2.24) is 5.32 Å². The van der Waals surface area contributed by atoms with Gasteiger partial charge in [0.1, 0.15) is 0 Å². The molecule has 0 aliphatic heterocycles. The summed E-state index contributed by atoms with van der Waals surface area (Å²) >= 11 is 11.6. The summed E-state index contributed by atoms with van der Waals surface area (Å²) in [5.74, 6) is 0. The number of nitrogens with one attached hydrogen (secondary N) is 1. The lowest BCUT2D eigenvalue weighted by molar-refractivity contribution is 0.171. The van der Waals surface area contributed by atoms with Crippen LogP contribution >= 0.6 is 23.2 Å². The number of rotatable bonds is 5. The maximum atomic E-state index is 9.72. The van der Waals surface area contributed by atoms with Crippen LogP contribution in [-0.4, -0.2) is 29.9 Å². The van der Waals surface area contributed by atoms with Crippen LogP contribution in [0.25, 0.3) is 0 Å². The average Bonchev–Trinajstić information content (AvgIpc) is 2.22. The molecule has 3 N–H and O–H groups in total. The highest BCUT2D eigenvalue weighted by Crippen LogP contribution is 2.25. The fourth-order valence-electron chi connectivity index (χ4n) is 1.16. The van der Waals surface area contributed by atoms with Gasteiger partial charge < -0.3 is 15.5 Å². The summed E-state index contributed by atoms with van der Waals surface area (Å²) in [4.78, 5) is 0. The Morgan fingerprint density at radius 3 is 2.60 bits per heavy atom. The second kappa shape index (κ2) is 6.30. The first kappa shape index (κ1) is 12.7. The smallest absolute Gasteiger partial charge is 0.0914 e. The molecule has 0 aliphatic rings. The van der Waals surface area contributed by atoms with Gasteiger partial charge in [0.2, 0.25) is 0 Å². The molecule has 0 radical (unpaired) electrons. The molecule has 0 amide bonds. The van der Waals surface area contributed by atoms with Gasteiger partial charge in [-0.25, -0.2) is 0 Å². The summed E-state index contributed by atoms with van der Waals surface area (Å²) in [7, 11) is 0. The van der Waals surface area contributed by atoms with Crippen LogP contribution in [0.2, 0.25) is 10.0 Å². The quantitative estimate of drug-likeness (QED) is 0.696. The van der Waals surface area contributed by atoms with E-state index in [2.05, 4.69) is 5.32 Å². The van der Waals surface area contributed by atoms with Crippen molar-refractivity contribution in [2.45, 2.75) is 6.10 Å². The highest BCUT2D eigenvalue weighted by Gasteiger charge is 2.08. The molecule has 1 aromatic carbocycles. The summed E-state index contributed by atoms with van der Waals surface area (Å²) in [5.41, 5.74) is 0.704. The third-order valence-electron chi connectivity index (χ3n) is 1.95. The van der Waals surface area contributed by atoms with Gasteiger partial charge in [-0.3, -0.25) is 0 Å². The zero-order valence-electron chi connectivity index (χ0n) is 8.08. The molecule has 1 rings (SSSR count). The van der Waals surface area contributed by atoms with Crippen LogP contribution < -0.4 is 5.32 Å². The van der Waals surface area contributed by atoms with Crippen molar-refractivity contribution >= 4 is 23.2 Å². The normalized spacial score (nSPS) is 12.8. The highest BCUT2D eigenvalue weighted by atomic mass is 35.5. The summed E-state index contributed by atoms with van der Waals surface area (Å²) in [6, 6.07) is 5.00. The van der Waals surface area contributed by atoms with E-state index in [-0.39, 0.29) is 6.61 Å². The highest BCUT2D eigenvalue weighted by molar-refractivity contribution is 6.42. The first-order chi connectivity index (χ1) is 7.15. The fraction of sp³-hybridized carbons (Fsp3) is 0.400. The molecule has 0 heterocycles. The van der Waals surface area contributed by atoms with Crippen molar-refractivity contribution in [3.05, 3.63) is 33.8 Å². The molecule has 1 unspecified atom stereocenters. The van der Waals surface area contributed by atoms with Crippen LogP contribution in [0.4, 0.5) is 0 Å². The molecule has 0 saturated heterocycles. The second-order valence-corrected chi connectivity index (χ2v) is 3.93. The van der Waals surface area contributed by atoms with Gasteiger partial charge in [-0.15, -0.1) is 0 Å². The Kier molecular flexibility index (Phi) is 5.36. The third kappa shape index (κ3) is 3.97. The van der Waals surface area contributed by atoms with E-state index in [1.54, 1.807) is 18.2 Å². The van der Waals surface area contributed by atoms with Gasteiger partial charge >= 0.3 is 0 Å².